The van der Waals surface area contributed by atoms with Crippen LogP contribution in [0.1, 0.15) is 31.9 Å². The Morgan fingerprint density at radius 3 is 2.67 bits per heavy atom. The van der Waals surface area contributed by atoms with Crippen LogP contribution in [-0.4, -0.2) is 24.0 Å². The Bertz CT molecular complexity index is 890. The fourth-order valence-electron chi connectivity index (χ4n) is 3.11. The number of carbonyl (C=O) groups is 2. The molecular weight excluding hydrogens is 344 g/mol. The second-order valence-electron chi connectivity index (χ2n) is 7.33. The normalized spacial score (nSPS) is 14.1. The van der Waals surface area contributed by atoms with Gasteiger partial charge in [-0.3, -0.25) is 9.59 Å². The third kappa shape index (κ3) is 4.58. The standard InChI is InChI=1S/C21H24N2O4/c1-13-10-16(8-9-17(13)22-14(2)24)23-19(25)12-26-18-7-5-6-15-11-21(3,4)27-20(15)18/h5-10H,11-12H2,1-4H3,(H,22,24)(H,23,25). The highest BCUT2D eigenvalue weighted by Crippen LogP contribution is 2.41. The first kappa shape index (κ1) is 18.8. The highest BCUT2D eigenvalue weighted by atomic mass is 16.5. The van der Waals surface area contributed by atoms with Gasteiger partial charge in [0.05, 0.1) is 0 Å². The van der Waals surface area contributed by atoms with E-state index in [1.807, 2.05) is 32.9 Å². The Hall–Kier alpha value is -3.02. The minimum Gasteiger partial charge on any atom is -0.483 e. The molecule has 6 nitrogen and oxygen atoms in total. The summed E-state index contributed by atoms with van der Waals surface area (Å²) in [4.78, 5) is 23.4. The maximum absolute atomic E-state index is 12.2. The highest BCUT2D eigenvalue weighted by molar-refractivity contribution is 5.93. The van der Waals surface area contributed by atoms with Crippen molar-refractivity contribution in [2.45, 2.75) is 39.7 Å². The molecule has 0 bridgehead atoms. The molecule has 0 spiro atoms. The Balaban J connectivity index is 1.61. The van der Waals surface area contributed by atoms with Crippen molar-refractivity contribution in [2.75, 3.05) is 17.2 Å². The summed E-state index contributed by atoms with van der Waals surface area (Å²) in [5, 5.41) is 5.54. The average Bonchev–Trinajstić information content (AvgIpc) is 2.89. The summed E-state index contributed by atoms with van der Waals surface area (Å²) in [6, 6.07) is 11.0. The molecule has 2 amide bonds. The Kier molecular flexibility index (Phi) is 5.08. The van der Waals surface area contributed by atoms with Crippen molar-refractivity contribution < 1.29 is 19.1 Å². The van der Waals surface area contributed by atoms with Gasteiger partial charge < -0.3 is 20.1 Å². The smallest absolute Gasteiger partial charge is 0.262 e. The zero-order chi connectivity index (χ0) is 19.6. The third-order valence-corrected chi connectivity index (χ3v) is 4.23. The van der Waals surface area contributed by atoms with Crippen molar-refractivity contribution in [3.05, 3.63) is 47.5 Å². The van der Waals surface area contributed by atoms with E-state index in [1.165, 1.54) is 6.92 Å². The second kappa shape index (κ2) is 7.31. The molecule has 2 aromatic carbocycles. The lowest BCUT2D eigenvalue weighted by Gasteiger charge is -2.18. The average molecular weight is 368 g/mol. The van der Waals surface area contributed by atoms with Crippen molar-refractivity contribution >= 4 is 23.2 Å². The first-order chi connectivity index (χ1) is 12.7. The van der Waals surface area contributed by atoms with E-state index in [2.05, 4.69) is 10.6 Å². The van der Waals surface area contributed by atoms with Gasteiger partial charge in [0.25, 0.3) is 5.91 Å². The van der Waals surface area contributed by atoms with Crippen LogP contribution in [0.3, 0.4) is 0 Å². The summed E-state index contributed by atoms with van der Waals surface area (Å²) in [5.74, 6) is 0.886. The van der Waals surface area contributed by atoms with E-state index in [1.54, 1.807) is 24.3 Å². The molecule has 0 atom stereocenters. The fraction of sp³-hybridized carbons (Fsp3) is 0.333. The molecule has 0 saturated carbocycles. The number of fused-ring (bicyclic) bond motifs is 1. The largest absolute Gasteiger partial charge is 0.483 e. The molecule has 2 N–H and O–H groups in total. The molecule has 1 heterocycles. The summed E-state index contributed by atoms with van der Waals surface area (Å²) in [7, 11) is 0. The Labute approximate surface area is 158 Å². The van der Waals surface area contributed by atoms with Crippen molar-refractivity contribution in [1.82, 2.24) is 0 Å². The fourth-order valence-corrected chi connectivity index (χ4v) is 3.11. The van der Waals surface area contributed by atoms with Crippen LogP contribution in [0.25, 0.3) is 0 Å². The van der Waals surface area contributed by atoms with E-state index in [0.717, 1.165) is 23.2 Å². The molecule has 27 heavy (non-hydrogen) atoms. The lowest BCUT2D eigenvalue weighted by Crippen LogP contribution is -2.25. The lowest BCUT2D eigenvalue weighted by molar-refractivity contribution is -0.118. The van der Waals surface area contributed by atoms with Crippen LogP contribution in [0.15, 0.2) is 36.4 Å². The molecule has 1 aliphatic rings. The summed E-state index contributed by atoms with van der Waals surface area (Å²) in [5.41, 5.74) is 3.04. The van der Waals surface area contributed by atoms with E-state index in [-0.39, 0.29) is 24.0 Å². The van der Waals surface area contributed by atoms with Crippen LogP contribution >= 0.6 is 0 Å². The summed E-state index contributed by atoms with van der Waals surface area (Å²) in [6.07, 6.45) is 0.811. The lowest BCUT2D eigenvalue weighted by atomic mass is 10.0. The molecule has 1 aliphatic heterocycles. The summed E-state index contributed by atoms with van der Waals surface area (Å²) < 4.78 is 11.6. The van der Waals surface area contributed by atoms with Crippen LogP contribution in [0.2, 0.25) is 0 Å². The quantitative estimate of drug-likeness (QED) is 0.844. The first-order valence-corrected chi connectivity index (χ1v) is 8.85. The number of carbonyl (C=O) groups excluding carboxylic acids is 2. The van der Waals surface area contributed by atoms with Crippen LogP contribution in [0, 0.1) is 6.92 Å². The third-order valence-electron chi connectivity index (χ3n) is 4.23. The van der Waals surface area contributed by atoms with Crippen LogP contribution in [-0.2, 0) is 16.0 Å². The number of amides is 2. The highest BCUT2D eigenvalue weighted by Gasteiger charge is 2.32. The number of ether oxygens (including phenoxy) is 2. The maximum atomic E-state index is 12.2. The van der Waals surface area contributed by atoms with Crippen molar-refractivity contribution in [3.63, 3.8) is 0 Å². The number of benzene rings is 2. The Morgan fingerprint density at radius 1 is 1.19 bits per heavy atom. The van der Waals surface area contributed by atoms with Gasteiger partial charge in [-0.25, -0.2) is 0 Å². The predicted molar refractivity (Wildman–Crippen MR) is 104 cm³/mol. The number of para-hydroxylation sites is 1. The number of nitrogens with one attached hydrogen (secondary N) is 2. The molecule has 0 radical (unpaired) electrons. The number of hydrogen-bond donors (Lipinski definition) is 2. The van der Waals surface area contributed by atoms with Gasteiger partial charge in [0.1, 0.15) is 5.60 Å². The number of rotatable bonds is 5. The summed E-state index contributed by atoms with van der Waals surface area (Å²) >= 11 is 0. The summed E-state index contributed by atoms with van der Waals surface area (Å²) in [6.45, 7) is 7.25. The van der Waals surface area contributed by atoms with Gasteiger partial charge >= 0.3 is 0 Å². The van der Waals surface area contributed by atoms with Gasteiger partial charge in [-0.05, 0) is 50.6 Å². The topological polar surface area (TPSA) is 76.7 Å². The number of anilines is 2. The van der Waals surface area contributed by atoms with Gasteiger partial charge in [-0.2, -0.15) is 0 Å². The van der Waals surface area contributed by atoms with Crippen LogP contribution in [0.5, 0.6) is 11.5 Å². The zero-order valence-corrected chi connectivity index (χ0v) is 16.0. The van der Waals surface area contributed by atoms with Gasteiger partial charge in [0.2, 0.25) is 5.91 Å². The van der Waals surface area contributed by atoms with Crippen LogP contribution in [0.4, 0.5) is 11.4 Å². The molecular formula is C21H24N2O4. The minimum atomic E-state index is -0.267. The van der Waals surface area contributed by atoms with E-state index < -0.39 is 0 Å². The SMILES string of the molecule is CC(=O)Nc1ccc(NC(=O)COc2cccc3c2OC(C)(C)C3)cc1C. The van der Waals surface area contributed by atoms with Gasteiger partial charge in [-0.15, -0.1) is 0 Å². The molecule has 0 aliphatic carbocycles. The predicted octanol–water partition coefficient (Wildman–Crippen LogP) is 3.68. The molecule has 3 rings (SSSR count). The van der Waals surface area contributed by atoms with Crippen LogP contribution < -0.4 is 20.1 Å². The van der Waals surface area contributed by atoms with E-state index in [0.29, 0.717) is 17.2 Å². The zero-order valence-electron chi connectivity index (χ0n) is 16.0. The van der Waals surface area contributed by atoms with Crippen molar-refractivity contribution in [3.8, 4) is 11.5 Å². The number of aryl methyl sites for hydroxylation is 1. The van der Waals surface area contributed by atoms with Gasteiger partial charge in [-0.1, -0.05) is 12.1 Å². The molecule has 0 aromatic heterocycles. The van der Waals surface area contributed by atoms with E-state index in [4.69, 9.17) is 9.47 Å². The molecule has 6 heteroatoms. The molecule has 0 unspecified atom stereocenters. The minimum absolute atomic E-state index is 0.118. The maximum Gasteiger partial charge on any atom is 0.262 e. The second-order valence-corrected chi connectivity index (χ2v) is 7.33. The number of hydrogen-bond acceptors (Lipinski definition) is 4. The van der Waals surface area contributed by atoms with Gasteiger partial charge in [0, 0.05) is 30.3 Å². The van der Waals surface area contributed by atoms with E-state index in [9.17, 15) is 9.59 Å². The molecule has 0 fully saturated rings. The Morgan fingerprint density at radius 2 is 1.96 bits per heavy atom. The van der Waals surface area contributed by atoms with E-state index >= 15 is 0 Å². The van der Waals surface area contributed by atoms with Crippen molar-refractivity contribution in [2.24, 2.45) is 0 Å². The van der Waals surface area contributed by atoms with Gasteiger partial charge in [0.15, 0.2) is 18.1 Å². The molecule has 142 valence electrons. The molecule has 2 aromatic rings. The van der Waals surface area contributed by atoms with Crippen molar-refractivity contribution in [1.29, 1.82) is 0 Å². The monoisotopic (exact) mass is 368 g/mol. The molecule has 0 saturated heterocycles. The first-order valence-electron chi connectivity index (χ1n) is 8.85.